The molecule has 2 amide bonds. The first-order chi connectivity index (χ1) is 22.9. The summed E-state index contributed by atoms with van der Waals surface area (Å²) in [4.78, 5) is 49.6. The Labute approximate surface area is 294 Å². The number of nitrogens with zero attached hydrogens (tertiary/aromatic N) is 4. The Kier molecular flexibility index (Phi) is 12.9. The molecule has 1 saturated heterocycles. The number of nitrogens with one attached hydrogen (secondary N) is 2. The van der Waals surface area contributed by atoms with Gasteiger partial charge in [-0.2, -0.15) is 0 Å². The molecular weight excluding hydrogens is 669 g/mol. The van der Waals surface area contributed by atoms with Gasteiger partial charge in [0, 0.05) is 24.3 Å². The molecule has 0 aromatic carbocycles. The number of carbonyl (C=O) groups excluding carboxylic acids is 3. The maximum atomic E-state index is 13.1. The van der Waals surface area contributed by atoms with Gasteiger partial charge in [-0.1, -0.05) is 20.8 Å². The second-order valence-corrected chi connectivity index (χ2v) is 21.8. The number of aromatic nitrogens is 4. The molecule has 1 aliphatic carbocycles. The van der Waals surface area contributed by atoms with Crippen LogP contribution in [0.5, 0.6) is 0 Å². The Bertz CT molecular complexity index is 1450. The van der Waals surface area contributed by atoms with Crippen molar-refractivity contribution in [1.29, 1.82) is 0 Å². The van der Waals surface area contributed by atoms with E-state index in [1.54, 1.807) is 18.0 Å². The topological polar surface area (TPSA) is 165 Å². The number of ketones is 1. The Morgan fingerprint density at radius 2 is 1.71 bits per heavy atom. The van der Waals surface area contributed by atoms with E-state index in [0.717, 1.165) is 0 Å². The molecule has 2 aromatic rings. The Hall–Kier alpha value is -2.63. The fraction of sp³-hybridized carbons (Fsp3) is 0.758. The summed E-state index contributed by atoms with van der Waals surface area (Å²) in [7, 11) is -0.592. The molecule has 3 heterocycles. The number of rotatable bonds is 13. The third kappa shape index (κ3) is 10.4. The number of hydrogen-bond acceptors (Lipinski definition) is 12. The van der Waals surface area contributed by atoms with Crippen LogP contribution < -0.4 is 10.6 Å². The Morgan fingerprint density at radius 3 is 2.33 bits per heavy atom. The molecule has 274 valence electrons. The van der Waals surface area contributed by atoms with E-state index in [4.69, 9.17) is 22.8 Å². The lowest BCUT2D eigenvalue weighted by atomic mass is 9.93. The number of esters is 1. The van der Waals surface area contributed by atoms with E-state index in [1.807, 2.05) is 0 Å². The third-order valence-corrected chi connectivity index (χ3v) is 14.4. The van der Waals surface area contributed by atoms with Crippen molar-refractivity contribution in [3.63, 3.8) is 0 Å². The van der Waals surface area contributed by atoms with E-state index in [-0.39, 0.29) is 52.3 Å². The Balaban J connectivity index is 1.45. The molecule has 16 heteroatoms. The molecule has 4 rings (SSSR count). The molecule has 0 radical (unpaired) electrons. The van der Waals surface area contributed by atoms with Crippen LogP contribution in [-0.4, -0.2) is 94.5 Å². The van der Waals surface area contributed by atoms with E-state index in [2.05, 4.69) is 80.2 Å². The first-order valence-electron chi connectivity index (χ1n) is 17.0. The van der Waals surface area contributed by atoms with Crippen molar-refractivity contribution in [2.75, 3.05) is 19.0 Å². The summed E-state index contributed by atoms with van der Waals surface area (Å²) in [5, 5.41) is 5.79. The number of Topliss-reactive ketones (excluding diaryl/α,β-unsaturated/α-hetero) is 1. The first-order valence-corrected chi connectivity index (χ1v) is 20.6. The predicted molar refractivity (Wildman–Crippen MR) is 190 cm³/mol. The lowest BCUT2D eigenvalue weighted by Crippen LogP contribution is -2.50. The highest BCUT2D eigenvalue weighted by Gasteiger charge is 2.51. The number of anilines is 1. The molecule has 1 aliphatic heterocycles. The van der Waals surface area contributed by atoms with Gasteiger partial charge >= 0.3 is 12.0 Å². The summed E-state index contributed by atoms with van der Waals surface area (Å²) in [5.41, 5.74) is 0.878. The zero-order chi connectivity index (χ0) is 36.1. The molecule has 2 fully saturated rings. The minimum atomic E-state index is -2.24. The van der Waals surface area contributed by atoms with Crippen LogP contribution in [0.4, 0.5) is 10.6 Å². The summed E-state index contributed by atoms with van der Waals surface area (Å²) < 4.78 is 32.9. The van der Waals surface area contributed by atoms with Crippen molar-refractivity contribution in [3.8, 4) is 0 Å². The number of imidazole rings is 1. The van der Waals surface area contributed by atoms with E-state index >= 15 is 0 Å². The normalized spacial score (nSPS) is 24.9. The number of carbonyl (C=O) groups is 3. The van der Waals surface area contributed by atoms with Gasteiger partial charge in [0.25, 0.3) is 0 Å². The van der Waals surface area contributed by atoms with Gasteiger partial charge < -0.3 is 32.9 Å². The fourth-order valence-electron chi connectivity index (χ4n) is 5.56. The highest BCUT2D eigenvalue weighted by molar-refractivity contribution is 7.96. The van der Waals surface area contributed by atoms with Crippen molar-refractivity contribution in [3.05, 3.63) is 12.7 Å². The zero-order valence-corrected chi connectivity index (χ0v) is 32.3. The van der Waals surface area contributed by atoms with E-state index in [0.29, 0.717) is 43.5 Å². The molecule has 2 unspecified atom stereocenters. The zero-order valence-electron chi connectivity index (χ0n) is 30.5. The molecule has 2 aliphatic rings. The second-order valence-electron chi connectivity index (χ2n) is 15.4. The third-order valence-electron chi connectivity index (χ3n) is 9.19. The van der Waals surface area contributed by atoms with Crippen LogP contribution in [0.1, 0.15) is 93.2 Å². The molecule has 2 aromatic heterocycles. The van der Waals surface area contributed by atoms with Crippen molar-refractivity contribution in [1.82, 2.24) is 24.8 Å². The molecule has 49 heavy (non-hydrogen) atoms. The number of hydrogen-bond donors (Lipinski definition) is 2. The van der Waals surface area contributed by atoms with E-state index in [1.165, 1.54) is 25.3 Å². The minimum Gasteiger partial charge on any atom is -0.462 e. The summed E-state index contributed by atoms with van der Waals surface area (Å²) in [6.07, 6.45) is 3.69. The average molecular weight is 723 g/mol. The minimum absolute atomic E-state index is 0.0336. The quantitative estimate of drug-likeness (QED) is 0.142. The maximum absolute atomic E-state index is 13.1. The van der Waals surface area contributed by atoms with Crippen molar-refractivity contribution in [2.24, 2.45) is 0 Å². The van der Waals surface area contributed by atoms with Crippen LogP contribution in [0.15, 0.2) is 12.7 Å². The van der Waals surface area contributed by atoms with Crippen LogP contribution in [0.3, 0.4) is 0 Å². The summed E-state index contributed by atoms with van der Waals surface area (Å²) in [6, 6.07) is -0.510. The SMILES string of the molecule is COC1C(O[Si](C)(C)C(C)(C)C)[C@@H](COSC(C)(C)C)O[C@H]1n1cnc2c(NC(=O)NC3CCC(OC(=O)CCC(C)=O)CC3)ncnc21. The van der Waals surface area contributed by atoms with Crippen LogP contribution in [0.2, 0.25) is 18.1 Å². The molecule has 0 bridgehead atoms. The highest BCUT2D eigenvalue weighted by Crippen LogP contribution is 2.43. The van der Waals surface area contributed by atoms with Crippen LogP contribution in [-0.2, 0) is 32.4 Å². The highest BCUT2D eigenvalue weighted by atomic mass is 32.2. The molecule has 4 atom stereocenters. The van der Waals surface area contributed by atoms with Gasteiger partial charge in [-0.05, 0) is 83.6 Å². The number of methoxy groups -OCH3 is 1. The number of ether oxygens (including phenoxy) is 3. The maximum Gasteiger partial charge on any atom is 0.320 e. The fourth-order valence-corrected chi connectivity index (χ4v) is 7.44. The van der Waals surface area contributed by atoms with Crippen molar-refractivity contribution in [2.45, 2.75) is 147 Å². The standard InChI is InChI=1S/C33H54N6O8SSi/c1-20(40)11-16-24(41)45-22-14-12-21(13-15-22)37-31(42)38-28-25-29(35-18-34-28)39(19-36-25)30-27(43-8)26(47-49(9,10)33(5,6)7)23(46-30)17-44-48-32(2,3)4/h18-19,21-23,26-27,30H,11-17H2,1-10H3,(H2,34,35,37,38,42)/t21?,22?,23-,26?,27?,30-/m1/s1. The van der Waals surface area contributed by atoms with Gasteiger partial charge in [0.2, 0.25) is 0 Å². The smallest absolute Gasteiger partial charge is 0.320 e. The summed E-state index contributed by atoms with van der Waals surface area (Å²) in [5.74, 6) is -0.143. The van der Waals surface area contributed by atoms with E-state index < -0.39 is 38.9 Å². The molecule has 2 N–H and O–H groups in total. The summed E-state index contributed by atoms with van der Waals surface area (Å²) >= 11 is 1.40. The lowest BCUT2D eigenvalue weighted by molar-refractivity contribution is -0.151. The molecule has 1 saturated carbocycles. The van der Waals surface area contributed by atoms with Gasteiger partial charge in [-0.25, -0.2) is 19.7 Å². The van der Waals surface area contributed by atoms with E-state index in [9.17, 15) is 14.4 Å². The second kappa shape index (κ2) is 16.1. The molecule has 14 nitrogen and oxygen atoms in total. The van der Waals surface area contributed by atoms with Crippen LogP contribution in [0, 0.1) is 0 Å². The van der Waals surface area contributed by atoms with Crippen LogP contribution >= 0.6 is 12.0 Å². The van der Waals surface area contributed by atoms with Crippen molar-refractivity contribution < 1.29 is 37.2 Å². The van der Waals surface area contributed by atoms with Gasteiger partial charge in [0.15, 0.2) is 31.5 Å². The van der Waals surface area contributed by atoms with Crippen molar-refractivity contribution >= 4 is 55.1 Å². The summed E-state index contributed by atoms with van der Waals surface area (Å²) in [6.45, 7) is 19.0. The number of fused-ring (bicyclic) bond motifs is 1. The van der Waals surface area contributed by atoms with Gasteiger partial charge in [0.05, 0.1) is 19.4 Å². The average Bonchev–Trinajstić information content (AvgIpc) is 3.57. The lowest BCUT2D eigenvalue weighted by Gasteiger charge is -2.40. The molecule has 0 spiro atoms. The van der Waals surface area contributed by atoms with Gasteiger partial charge in [0.1, 0.15) is 36.5 Å². The monoisotopic (exact) mass is 722 g/mol. The Morgan fingerprint density at radius 1 is 1.02 bits per heavy atom. The predicted octanol–water partition coefficient (Wildman–Crippen LogP) is 5.94. The number of amides is 2. The number of urea groups is 1. The van der Waals surface area contributed by atoms with Gasteiger partial charge in [-0.3, -0.25) is 14.7 Å². The van der Waals surface area contributed by atoms with Gasteiger partial charge in [-0.15, -0.1) is 0 Å². The largest absolute Gasteiger partial charge is 0.462 e. The molecular formula is C33H54N6O8SSi. The van der Waals surface area contributed by atoms with Crippen LogP contribution in [0.25, 0.3) is 11.2 Å². The first kappa shape index (κ1) is 39.2.